The Kier molecular flexibility index (Phi) is 7.50. The van der Waals surface area contributed by atoms with Crippen molar-refractivity contribution in [3.8, 4) is 0 Å². The summed E-state index contributed by atoms with van der Waals surface area (Å²) in [7, 11) is 0. The van der Waals surface area contributed by atoms with E-state index in [0.29, 0.717) is 22.7 Å². The van der Waals surface area contributed by atoms with Crippen LogP contribution in [0.4, 0.5) is 0 Å². The van der Waals surface area contributed by atoms with Gasteiger partial charge in [0.1, 0.15) is 11.6 Å². The van der Waals surface area contributed by atoms with E-state index in [2.05, 4.69) is 20.8 Å². The average molecular weight is 550 g/mol. The molecule has 0 amide bonds. The highest BCUT2D eigenvalue weighted by Crippen LogP contribution is 2.68. The summed E-state index contributed by atoms with van der Waals surface area (Å²) in [6.45, 7) is 7.66. The summed E-state index contributed by atoms with van der Waals surface area (Å²) in [5.74, 6) is 4.07. The molecule has 1 unspecified atom stereocenters. The molecule has 4 fully saturated rings. The zero-order valence-electron chi connectivity index (χ0n) is 24.6. The fourth-order valence-corrected chi connectivity index (χ4v) is 10.3. The third-order valence-corrected chi connectivity index (χ3v) is 12.4. The van der Waals surface area contributed by atoms with Gasteiger partial charge in [-0.1, -0.05) is 32.9 Å². The maximum atomic E-state index is 12.2. The van der Waals surface area contributed by atoms with E-state index in [0.717, 1.165) is 72.8 Å². The van der Waals surface area contributed by atoms with Crippen molar-refractivity contribution >= 4 is 23.0 Å². The molecular weight excluding hydrogens is 502 g/mol. The second-order valence-corrected chi connectivity index (χ2v) is 14.3. The van der Waals surface area contributed by atoms with E-state index >= 15 is 0 Å². The van der Waals surface area contributed by atoms with Crippen molar-refractivity contribution in [2.45, 2.75) is 110 Å². The number of carbonyl (C=O) groups is 2. The van der Waals surface area contributed by atoms with Gasteiger partial charge in [0.05, 0.1) is 12.8 Å². The molecule has 6 heteroatoms. The quantitative estimate of drug-likeness (QED) is 0.338. The van der Waals surface area contributed by atoms with Gasteiger partial charge in [0.15, 0.2) is 11.5 Å². The number of para-hydroxylation sites is 2. The molecule has 0 saturated heterocycles. The number of nitrogens with zero attached hydrogens (tertiary/aromatic N) is 1. The molecule has 2 aromatic rings. The fraction of sp³-hybridized carbons (Fsp3) is 0.735. The Balaban J connectivity index is 1.07. The number of carboxylic acids is 1. The van der Waals surface area contributed by atoms with Gasteiger partial charge >= 0.3 is 11.9 Å². The van der Waals surface area contributed by atoms with Gasteiger partial charge in [0.25, 0.3) is 0 Å². The van der Waals surface area contributed by atoms with Gasteiger partial charge in [-0.15, -0.1) is 0 Å². The molecule has 9 atom stereocenters. The largest absolute Gasteiger partial charge is 0.481 e. The molecule has 1 N–H and O–H groups in total. The van der Waals surface area contributed by atoms with E-state index in [1.807, 2.05) is 24.3 Å². The molecule has 0 spiro atoms. The first kappa shape index (κ1) is 27.8. The first-order chi connectivity index (χ1) is 19.2. The Bertz CT molecular complexity index is 1200. The molecule has 1 heterocycles. The van der Waals surface area contributed by atoms with E-state index in [4.69, 9.17) is 19.2 Å². The Labute approximate surface area is 238 Å². The highest BCUT2D eigenvalue weighted by atomic mass is 16.5. The molecule has 40 heavy (non-hydrogen) atoms. The number of aryl methyl sites for hydroxylation is 1. The second-order valence-electron chi connectivity index (χ2n) is 14.3. The molecule has 1 aromatic heterocycles. The van der Waals surface area contributed by atoms with Crippen molar-refractivity contribution in [2.75, 3.05) is 0 Å². The van der Waals surface area contributed by atoms with Gasteiger partial charge in [-0.05, 0) is 123 Å². The van der Waals surface area contributed by atoms with Crippen LogP contribution in [0.5, 0.6) is 0 Å². The number of esters is 1. The minimum atomic E-state index is -0.942. The summed E-state index contributed by atoms with van der Waals surface area (Å²) in [4.78, 5) is 27.8. The normalized spacial score (nSPS) is 37.8. The van der Waals surface area contributed by atoms with Crippen molar-refractivity contribution in [2.24, 2.45) is 46.3 Å². The van der Waals surface area contributed by atoms with Crippen LogP contribution in [-0.2, 0) is 20.7 Å². The van der Waals surface area contributed by atoms with E-state index in [1.165, 1.54) is 38.5 Å². The number of oxazole rings is 1. The van der Waals surface area contributed by atoms with Crippen molar-refractivity contribution in [3.05, 3.63) is 30.2 Å². The summed E-state index contributed by atoms with van der Waals surface area (Å²) >= 11 is 0. The van der Waals surface area contributed by atoms with Crippen LogP contribution in [0.2, 0.25) is 0 Å². The monoisotopic (exact) mass is 549 g/mol. The van der Waals surface area contributed by atoms with Crippen LogP contribution in [0.3, 0.4) is 0 Å². The Morgan fingerprint density at radius 1 is 1.02 bits per heavy atom. The van der Waals surface area contributed by atoms with Crippen LogP contribution < -0.4 is 0 Å². The lowest BCUT2D eigenvalue weighted by Gasteiger charge is -2.61. The standard InChI is InChI=1S/C34H47NO5/c1-21(8-13-30-35-28-6-4-5-7-29(28)40-30)25-11-12-26-24-10-9-22-20-23(39-32(38)15-14-31(36)37)16-18-33(22,2)27(24)17-19-34(25,26)3/h4-7,21-27H,8-20H2,1-3H3,(H,36,37)/t21-,22?,23-,24+,25-,26+,27+,33+,34-/m1/s1. The predicted octanol–water partition coefficient (Wildman–Crippen LogP) is 7.83. The number of fused-ring (bicyclic) bond motifs is 6. The molecular formula is C34H47NO5. The second kappa shape index (κ2) is 10.8. The third kappa shape index (κ3) is 4.98. The van der Waals surface area contributed by atoms with Gasteiger partial charge in [0.2, 0.25) is 0 Å². The smallest absolute Gasteiger partial charge is 0.306 e. The predicted molar refractivity (Wildman–Crippen MR) is 153 cm³/mol. The van der Waals surface area contributed by atoms with Crippen LogP contribution in [0.25, 0.3) is 11.1 Å². The molecule has 0 bridgehead atoms. The van der Waals surface area contributed by atoms with E-state index in [-0.39, 0.29) is 24.9 Å². The molecule has 4 saturated carbocycles. The number of carboxylic acid groups (broad SMARTS) is 1. The lowest BCUT2D eigenvalue weighted by molar-refractivity contribution is -0.164. The third-order valence-electron chi connectivity index (χ3n) is 12.4. The minimum Gasteiger partial charge on any atom is -0.481 e. The maximum Gasteiger partial charge on any atom is 0.306 e. The zero-order chi connectivity index (χ0) is 28.1. The summed E-state index contributed by atoms with van der Waals surface area (Å²) in [5.41, 5.74) is 2.63. The van der Waals surface area contributed by atoms with Crippen molar-refractivity contribution in [1.29, 1.82) is 0 Å². The zero-order valence-corrected chi connectivity index (χ0v) is 24.6. The van der Waals surface area contributed by atoms with Gasteiger partial charge in [-0.3, -0.25) is 9.59 Å². The highest BCUT2D eigenvalue weighted by Gasteiger charge is 2.60. The number of aliphatic carboxylic acids is 1. The number of rotatable bonds is 8. The summed E-state index contributed by atoms with van der Waals surface area (Å²) in [6, 6.07) is 8.07. The molecule has 1 aromatic carbocycles. The maximum absolute atomic E-state index is 12.2. The summed E-state index contributed by atoms with van der Waals surface area (Å²) in [5, 5.41) is 8.88. The van der Waals surface area contributed by atoms with Gasteiger partial charge in [-0.25, -0.2) is 4.98 Å². The Morgan fingerprint density at radius 2 is 1.80 bits per heavy atom. The number of carbonyl (C=O) groups excluding carboxylic acids is 1. The van der Waals surface area contributed by atoms with E-state index < -0.39 is 5.97 Å². The number of benzene rings is 1. The molecule has 4 aliphatic carbocycles. The van der Waals surface area contributed by atoms with Crippen molar-refractivity contribution in [3.63, 3.8) is 0 Å². The molecule has 4 aliphatic rings. The first-order valence-electron chi connectivity index (χ1n) is 15.9. The van der Waals surface area contributed by atoms with Crippen LogP contribution in [0, 0.1) is 46.3 Å². The summed E-state index contributed by atoms with van der Waals surface area (Å²) < 4.78 is 11.8. The Morgan fingerprint density at radius 3 is 2.60 bits per heavy atom. The van der Waals surface area contributed by atoms with Gasteiger partial charge in [0, 0.05) is 6.42 Å². The van der Waals surface area contributed by atoms with Crippen molar-refractivity contribution < 1.29 is 23.8 Å². The number of ether oxygens (including phenoxy) is 1. The van der Waals surface area contributed by atoms with Gasteiger partial charge in [-0.2, -0.15) is 0 Å². The van der Waals surface area contributed by atoms with Crippen molar-refractivity contribution in [1.82, 2.24) is 4.98 Å². The van der Waals surface area contributed by atoms with Crippen LogP contribution in [0.1, 0.15) is 104 Å². The van der Waals surface area contributed by atoms with Gasteiger partial charge < -0.3 is 14.3 Å². The number of hydrogen-bond acceptors (Lipinski definition) is 5. The van der Waals surface area contributed by atoms with E-state index in [9.17, 15) is 9.59 Å². The molecule has 0 radical (unpaired) electrons. The number of aromatic nitrogens is 1. The SMILES string of the molecule is C[C@H](CCc1nc2ccccc2o1)[C@H]1CC[C@H]2[C@@H]3CCC4C[C@H](OC(=O)CCC(=O)O)CC[C@]4(C)[C@H]3CC[C@]12C. The minimum absolute atomic E-state index is 0.0207. The van der Waals surface area contributed by atoms with Crippen LogP contribution in [-0.4, -0.2) is 28.1 Å². The Hall–Kier alpha value is -2.37. The first-order valence-corrected chi connectivity index (χ1v) is 15.9. The summed E-state index contributed by atoms with van der Waals surface area (Å²) in [6.07, 6.45) is 12.8. The van der Waals surface area contributed by atoms with Crippen LogP contribution in [0.15, 0.2) is 28.7 Å². The molecule has 6 nitrogen and oxygen atoms in total. The topological polar surface area (TPSA) is 89.6 Å². The number of hydrogen-bond donors (Lipinski definition) is 1. The highest BCUT2D eigenvalue weighted by molar-refractivity contribution is 5.76. The fourth-order valence-electron chi connectivity index (χ4n) is 10.3. The molecule has 6 rings (SSSR count). The molecule has 218 valence electrons. The lowest BCUT2D eigenvalue weighted by atomic mass is 9.44. The van der Waals surface area contributed by atoms with Crippen LogP contribution >= 0.6 is 0 Å². The van der Waals surface area contributed by atoms with E-state index in [1.54, 1.807) is 0 Å². The lowest BCUT2D eigenvalue weighted by Crippen LogP contribution is -2.54. The average Bonchev–Trinajstić information content (AvgIpc) is 3.51. The molecule has 0 aliphatic heterocycles.